The lowest BCUT2D eigenvalue weighted by Crippen LogP contribution is -2.42. The van der Waals surface area contributed by atoms with Crippen LogP contribution in [0.25, 0.3) is 0 Å². The van der Waals surface area contributed by atoms with Gasteiger partial charge < -0.3 is 10.6 Å². The van der Waals surface area contributed by atoms with Crippen LogP contribution in [-0.2, 0) is 16.1 Å². The normalized spacial score (nSPS) is 24.5. The number of amides is 2. The summed E-state index contributed by atoms with van der Waals surface area (Å²) in [5.74, 6) is 0.397. The SMILES string of the molecule is CCNC(=O)[C@@H]1C[C@H](NC(=O)C2CCCCC2)CN1Cc1scnc1C. The second-order valence-electron chi connectivity index (χ2n) is 7.48. The van der Waals surface area contributed by atoms with Gasteiger partial charge in [0.15, 0.2) is 0 Å². The van der Waals surface area contributed by atoms with Crippen molar-refractivity contribution in [3.63, 3.8) is 0 Å². The molecule has 1 saturated heterocycles. The van der Waals surface area contributed by atoms with Gasteiger partial charge >= 0.3 is 0 Å². The van der Waals surface area contributed by atoms with Gasteiger partial charge in [0, 0.05) is 36.5 Å². The minimum Gasteiger partial charge on any atom is -0.355 e. The first-order valence-corrected chi connectivity index (χ1v) is 10.7. The lowest BCUT2D eigenvalue weighted by Gasteiger charge is -2.23. The van der Waals surface area contributed by atoms with Gasteiger partial charge in [-0.2, -0.15) is 0 Å². The molecule has 2 amide bonds. The molecule has 1 aliphatic heterocycles. The quantitative estimate of drug-likeness (QED) is 0.796. The minimum atomic E-state index is -0.187. The Bertz CT molecular complexity index is 627. The van der Waals surface area contributed by atoms with E-state index in [1.165, 1.54) is 11.3 Å². The van der Waals surface area contributed by atoms with E-state index in [0.29, 0.717) is 19.5 Å². The molecule has 1 aliphatic carbocycles. The first-order valence-electron chi connectivity index (χ1n) is 9.79. The molecule has 2 fully saturated rings. The summed E-state index contributed by atoms with van der Waals surface area (Å²) in [6, 6.07) is -0.140. The van der Waals surface area contributed by atoms with Gasteiger partial charge in [0.05, 0.1) is 17.2 Å². The molecule has 0 aromatic carbocycles. The molecule has 26 heavy (non-hydrogen) atoms. The van der Waals surface area contributed by atoms with Crippen molar-refractivity contribution in [2.75, 3.05) is 13.1 Å². The Kier molecular flexibility index (Phi) is 6.64. The largest absolute Gasteiger partial charge is 0.355 e. The number of likely N-dealkylation sites (tertiary alicyclic amines) is 1. The molecule has 2 N–H and O–H groups in total. The number of rotatable bonds is 6. The fourth-order valence-electron chi connectivity index (χ4n) is 4.09. The molecular formula is C19H30N4O2S. The summed E-state index contributed by atoms with van der Waals surface area (Å²) in [4.78, 5) is 32.8. The van der Waals surface area contributed by atoms with E-state index >= 15 is 0 Å². The number of thiazole rings is 1. The number of nitrogens with zero attached hydrogens (tertiary/aromatic N) is 2. The Hall–Kier alpha value is -1.47. The summed E-state index contributed by atoms with van der Waals surface area (Å²) in [6.45, 7) is 6.01. The topological polar surface area (TPSA) is 74.3 Å². The highest BCUT2D eigenvalue weighted by Gasteiger charge is 2.38. The minimum absolute atomic E-state index is 0.0465. The monoisotopic (exact) mass is 378 g/mol. The summed E-state index contributed by atoms with van der Waals surface area (Å²) in [7, 11) is 0. The summed E-state index contributed by atoms with van der Waals surface area (Å²) in [5, 5.41) is 6.17. The van der Waals surface area contributed by atoms with Crippen molar-refractivity contribution < 1.29 is 9.59 Å². The van der Waals surface area contributed by atoms with Crippen LogP contribution in [0.2, 0.25) is 0 Å². The third-order valence-corrected chi connectivity index (χ3v) is 6.49. The zero-order valence-corrected chi connectivity index (χ0v) is 16.6. The molecule has 7 heteroatoms. The van der Waals surface area contributed by atoms with Gasteiger partial charge in [-0.15, -0.1) is 11.3 Å². The van der Waals surface area contributed by atoms with Crippen LogP contribution in [0.4, 0.5) is 0 Å². The fraction of sp³-hybridized carbons (Fsp3) is 0.737. The summed E-state index contributed by atoms with van der Waals surface area (Å²) in [6.07, 6.45) is 6.24. The van der Waals surface area contributed by atoms with E-state index in [1.54, 1.807) is 11.3 Å². The number of hydrogen-bond donors (Lipinski definition) is 2. The van der Waals surface area contributed by atoms with Crippen molar-refractivity contribution >= 4 is 23.2 Å². The number of nitrogens with one attached hydrogen (secondary N) is 2. The molecule has 1 aromatic heterocycles. The number of carbonyl (C=O) groups excluding carboxylic acids is 2. The van der Waals surface area contributed by atoms with Gasteiger partial charge in [0.2, 0.25) is 11.8 Å². The fourth-order valence-corrected chi connectivity index (χ4v) is 4.90. The smallest absolute Gasteiger partial charge is 0.237 e. The van der Waals surface area contributed by atoms with Gasteiger partial charge in [0.25, 0.3) is 0 Å². The number of aromatic nitrogens is 1. The molecule has 0 radical (unpaired) electrons. The standard InChI is InChI=1S/C19H30N4O2S/c1-3-20-19(25)16-9-15(22-18(24)14-7-5-4-6-8-14)10-23(16)11-17-13(2)21-12-26-17/h12,14-16H,3-11H2,1-2H3,(H,20,25)(H,22,24)/t15-,16-/m0/s1. The molecule has 1 aromatic rings. The van der Waals surface area contributed by atoms with Crippen molar-refractivity contribution in [1.29, 1.82) is 0 Å². The van der Waals surface area contributed by atoms with Crippen LogP contribution in [0.15, 0.2) is 5.51 Å². The van der Waals surface area contributed by atoms with E-state index in [9.17, 15) is 9.59 Å². The molecule has 6 nitrogen and oxygen atoms in total. The molecule has 2 heterocycles. The van der Waals surface area contributed by atoms with Gasteiger partial charge in [0.1, 0.15) is 0 Å². The maximum atomic E-state index is 12.6. The van der Waals surface area contributed by atoms with Crippen LogP contribution in [0.3, 0.4) is 0 Å². The van der Waals surface area contributed by atoms with Crippen molar-refractivity contribution in [3.05, 3.63) is 16.1 Å². The van der Waals surface area contributed by atoms with Crippen molar-refractivity contribution in [2.45, 2.75) is 71.0 Å². The Labute approximate surface area is 159 Å². The average Bonchev–Trinajstić information content (AvgIpc) is 3.22. The lowest BCUT2D eigenvalue weighted by molar-refractivity contribution is -0.127. The number of aryl methyl sites for hydroxylation is 1. The molecule has 2 atom stereocenters. The molecule has 2 aliphatic rings. The Morgan fingerprint density at radius 2 is 2.04 bits per heavy atom. The summed E-state index contributed by atoms with van der Waals surface area (Å²) < 4.78 is 0. The molecule has 0 spiro atoms. The summed E-state index contributed by atoms with van der Waals surface area (Å²) in [5.41, 5.74) is 2.88. The highest BCUT2D eigenvalue weighted by atomic mass is 32.1. The molecule has 0 unspecified atom stereocenters. The maximum absolute atomic E-state index is 12.6. The number of likely N-dealkylation sites (N-methyl/N-ethyl adjacent to an activating group) is 1. The van der Waals surface area contributed by atoms with E-state index < -0.39 is 0 Å². The van der Waals surface area contributed by atoms with Gasteiger partial charge in [-0.3, -0.25) is 14.5 Å². The zero-order valence-electron chi connectivity index (χ0n) is 15.8. The first kappa shape index (κ1) is 19.3. The first-order chi connectivity index (χ1) is 12.6. The maximum Gasteiger partial charge on any atom is 0.237 e. The van der Waals surface area contributed by atoms with Gasteiger partial charge in [-0.05, 0) is 33.1 Å². The Morgan fingerprint density at radius 3 is 2.69 bits per heavy atom. The van der Waals surface area contributed by atoms with E-state index in [4.69, 9.17) is 0 Å². The van der Waals surface area contributed by atoms with Crippen molar-refractivity contribution in [1.82, 2.24) is 20.5 Å². The van der Waals surface area contributed by atoms with E-state index in [2.05, 4.69) is 20.5 Å². The molecular weight excluding hydrogens is 348 g/mol. The molecule has 144 valence electrons. The number of hydrogen-bond acceptors (Lipinski definition) is 5. The highest BCUT2D eigenvalue weighted by molar-refractivity contribution is 7.09. The van der Waals surface area contributed by atoms with Crippen molar-refractivity contribution in [3.8, 4) is 0 Å². The van der Waals surface area contributed by atoms with Crippen LogP contribution in [0.1, 0.15) is 56.0 Å². The van der Waals surface area contributed by atoms with Crippen LogP contribution < -0.4 is 10.6 Å². The lowest BCUT2D eigenvalue weighted by atomic mass is 9.88. The van der Waals surface area contributed by atoms with Crippen molar-refractivity contribution in [2.24, 2.45) is 5.92 Å². The van der Waals surface area contributed by atoms with Crippen LogP contribution in [-0.4, -0.2) is 46.9 Å². The second kappa shape index (κ2) is 8.95. The Balaban J connectivity index is 1.64. The van der Waals surface area contributed by atoms with Crippen LogP contribution >= 0.6 is 11.3 Å². The molecule has 1 saturated carbocycles. The third kappa shape index (κ3) is 4.62. The second-order valence-corrected chi connectivity index (χ2v) is 8.42. The molecule has 0 bridgehead atoms. The predicted octanol–water partition coefficient (Wildman–Crippen LogP) is 2.23. The van der Waals surface area contributed by atoms with Crippen LogP contribution in [0.5, 0.6) is 0 Å². The van der Waals surface area contributed by atoms with Gasteiger partial charge in [-0.1, -0.05) is 19.3 Å². The average molecular weight is 379 g/mol. The van der Waals surface area contributed by atoms with Gasteiger partial charge in [-0.25, -0.2) is 4.98 Å². The summed E-state index contributed by atoms with van der Waals surface area (Å²) >= 11 is 1.63. The van der Waals surface area contributed by atoms with E-state index in [1.807, 2.05) is 19.4 Å². The number of carbonyl (C=O) groups is 2. The predicted molar refractivity (Wildman–Crippen MR) is 103 cm³/mol. The van der Waals surface area contributed by atoms with Crippen LogP contribution in [0, 0.1) is 12.8 Å². The zero-order chi connectivity index (χ0) is 18.5. The highest BCUT2D eigenvalue weighted by Crippen LogP contribution is 2.26. The Morgan fingerprint density at radius 1 is 1.27 bits per heavy atom. The van der Waals surface area contributed by atoms with E-state index in [-0.39, 0.29) is 29.8 Å². The molecule has 3 rings (SSSR count). The van der Waals surface area contributed by atoms with E-state index in [0.717, 1.165) is 37.9 Å². The third-order valence-electron chi connectivity index (χ3n) is 5.57.